The monoisotopic (exact) mass is 471 g/mol. The van der Waals surface area contributed by atoms with E-state index in [0.29, 0.717) is 37.0 Å². The van der Waals surface area contributed by atoms with Gasteiger partial charge in [-0.25, -0.2) is 0 Å². The van der Waals surface area contributed by atoms with Gasteiger partial charge in [-0.1, -0.05) is 25.8 Å². The van der Waals surface area contributed by atoms with E-state index in [9.17, 15) is 24.8 Å². The number of rotatable bonds is 5. The van der Waals surface area contributed by atoms with E-state index in [4.69, 9.17) is 20.7 Å². The van der Waals surface area contributed by atoms with Crippen LogP contribution in [0, 0.1) is 39.7 Å². The fourth-order valence-corrected chi connectivity index (χ4v) is 6.75. The Labute approximate surface area is 197 Å². The molecule has 0 aliphatic heterocycles. The summed E-state index contributed by atoms with van der Waals surface area (Å²) in [4.78, 5) is 40.3. The Morgan fingerprint density at radius 2 is 2.06 bits per heavy atom. The first-order valence-corrected chi connectivity index (χ1v) is 11.6. The number of carbonyl (C=O) groups is 2. The number of benzene rings is 1. The maximum absolute atomic E-state index is 12.2. The van der Waals surface area contributed by atoms with Gasteiger partial charge in [0.25, 0.3) is 5.09 Å². The summed E-state index contributed by atoms with van der Waals surface area (Å²) in [5, 5.41) is 22.8. The van der Waals surface area contributed by atoms with Gasteiger partial charge in [0.2, 0.25) is 0 Å². The van der Waals surface area contributed by atoms with Crippen molar-refractivity contribution in [2.45, 2.75) is 76.6 Å². The second-order valence-electron chi connectivity index (χ2n) is 9.77. The highest BCUT2D eigenvalue weighted by molar-refractivity contribution is 5.72. The molecular weight excluding hydrogens is 442 g/mol. The molecule has 9 heteroatoms. The van der Waals surface area contributed by atoms with Crippen molar-refractivity contribution in [2.24, 2.45) is 17.3 Å². The number of ether oxygens (including phenoxy) is 2. The lowest BCUT2D eigenvalue weighted by atomic mass is 9.50. The van der Waals surface area contributed by atoms with Gasteiger partial charge in [-0.05, 0) is 67.2 Å². The van der Waals surface area contributed by atoms with Gasteiger partial charge in [-0.15, -0.1) is 16.5 Å². The van der Waals surface area contributed by atoms with Gasteiger partial charge in [-0.2, -0.15) is 0 Å². The molecule has 0 heterocycles. The van der Waals surface area contributed by atoms with Crippen LogP contribution in [0.4, 0.5) is 0 Å². The van der Waals surface area contributed by atoms with E-state index in [1.54, 1.807) is 25.1 Å². The predicted octanol–water partition coefficient (Wildman–Crippen LogP) is 3.08. The first kappa shape index (κ1) is 24.0. The van der Waals surface area contributed by atoms with Crippen molar-refractivity contribution in [1.82, 2.24) is 0 Å². The Kier molecular flexibility index (Phi) is 5.85. The predicted molar refractivity (Wildman–Crippen MR) is 119 cm³/mol. The van der Waals surface area contributed by atoms with Crippen molar-refractivity contribution < 1.29 is 34.1 Å². The van der Waals surface area contributed by atoms with Crippen LogP contribution in [0.5, 0.6) is 5.75 Å². The van der Waals surface area contributed by atoms with Crippen LogP contribution in [0.1, 0.15) is 64.0 Å². The maximum atomic E-state index is 12.2. The number of terminal acetylenes is 1. The first-order valence-electron chi connectivity index (χ1n) is 11.6. The largest absolute Gasteiger partial charge is 0.445 e. The van der Waals surface area contributed by atoms with Crippen molar-refractivity contribution in [3.05, 3.63) is 39.4 Å². The molecule has 2 fully saturated rings. The minimum atomic E-state index is -1.65. The zero-order valence-corrected chi connectivity index (χ0v) is 19.5. The topological polar surface area (TPSA) is 125 Å². The number of hydrogen-bond donors (Lipinski definition) is 1. The van der Waals surface area contributed by atoms with E-state index < -0.39 is 39.7 Å². The van der Waals surface area contributed by atoms with Crippen molar-refractivity contribution in [3.8, 4) is 18.1 Å². The van der Waals surface area contributed by atoms with Gasteiger partial charge in [0.05, 0.1) is 0 Å². The fraction of sp³-hybridized carbons (Fsp3) is 0.600. The minimum Gasteiger partial charge on any atom is -0.445 e. The van der Waals surface area contributed by atoms with Crippen molar-refractivity contribution in [3.63, 3.8) is 0 Å². The van der Waals surface area contributed by atoms with Crippen LogP contribution < -0.4 is 4.74 Å². The molecule has 4 rings (SSSR count). The molecule has 34 heavy (non-hydrogen) atoms. The summed E-state index contributed by atoms with van der Waals surface area (Å²) in [5.74, 6) is 1.60. The fourth-order valence-electron chi connectivity index (χ4n) is 6.75. The van der Waals surface area contributed by atoms with Crippen LogP contribution in [0.3, 0.4) is 0 Å². The molecule has 1 aromatic carbocycles. The van der Waals surface area contributed by atoms with Gasteiger partial charge in [0.1, 0.15) is 17.5 Å². The maximum Gasteiger partial charge on any atom is 0.310 e. The van der Waals surface area contributed by atoms with E-state index >= 15 is 0 Å². The van der Waals surface area contributed by atoms with Gasteiger partial charge in [-0.3, -0.25) is 9.59 Å². The lowest BCUT2D eigenvalue weighted by molar-refractivity contribution is -0.775. The molecule has 6 atom stereocenters. The summed E-state index contributed by atoms with van der Waals surface area (Å²) in [7, 11) is 0. The summed E-state index contributed by atoms with van der Waals surface area (Å²) >= 11 is 0. The van der Waals surface area contributed by atoms with Crippen LogP contribution >= 0.6 is 0 Å². The lowest BCUT2D eigenvalue weighted by Crippen LogP contribution is -2.64. The number of fused-ring (bicyclic) bond motifs is 5. The Bertz CT molecular complexity index is 1080. The summed E-state index contributed by atoms with van der Waals surface area (Å²) in [6.45, 7) is 4.87. The smallest absolute Gasteiger partial charge is 0.310 e. The third kappa shape index (κ3) is 3.43. The number of carbonyl (C=O) groups excluding carboxylic acids is 2. The number of nitrogens with zero attached hydrogens (tertiary/aromatic N) is 1. The molecule has 1 N–H and O–H groups in total. The lowest BCUT2D eigenvalue weighted by Gasteiger charge is -2.58. The van der Waals surface area contributed by atoms with E-state index in [1.165, 1.54) is 6.92 Å². The van der Waals surface area contributed by atoms with E-state index in [0.717, 1.165) is 5.56 Å². The molecule has 9 nitrogen and oxygen atoms in total. The van der Waals surface area contributed by atoms with Crippen molar-refractivity contribution in [1.29, 1.82) is 0 Å². The van der Waals surface area contributed by atoms with E-state index in [2.05, 4.69) is 5.92 Å². The normalized spacial score (nSPS) is 35.7. The molecule has 0 amide bonds. The van der Waals surface area contributed by atoms with Gasteiger partial charge in [0, 0.05) is 18.8 Å². The van der Waals surface area contributed by atoms with E-state index in [-0.39, 0.29) is 24.7 Å². The number of hydrogen-bond acceptors (Lipinski definition) is 8. The summed E-state index contributed by atoms with van der Waals surface area (Å²) in [5.41, 5.74) is -2.43. The van der Waals surface area contributed by atoms with Crippen molar-refractivity contribution >= 4 is 11.9 Å². The molecule has 2 saturated carbocycles. The highest BCUT2D eigenvalue weighted by Crippen LogP contribution is 2.66. The summed E-state index contributed by atoms with van der Waals surface area (Å²) in [6, 6.07) is 4.95. The second-order valence-corrected chi connectivity index (χ2v) is 9.77. The molecule has 1 unspecified atom stereocenters. The molecule has 0 aromatic heterocycles. The third-order valence-electron chi connectivity index (χ3n) is 8.22. The molecule has 0 bridgehead atoms. The molecule has 3 aliphatic carbocycles. The Morgan fingerprint density at radius 1 is 1.32 bits per heavy atom. The third-order valence-corrected chi connectivity index (χ3v) is 8.22. The van der Waals surface area contributed by atoms with Crippen LogP contribution in [-0.2, 0) is 31.2 Å². The van der Waals surface area contributed by atoms with Crippen LogP contribution in [-0.4, -0.2) is 33.8 Å². The standard InChI is InChI=1S/C25H29NO8/c1-5-22(28)32-17-8-10-18-16(13-17)7-9-20-19-11-12-24(6-2,33-15(3)27)23(19,4)14-21(25(18,20)29)34-26(30)31/h2,8,10,13,19-21,29H,5,7,9,11-12,14H2,1,3-4H3/t19-,20-,21?,23-,24-,25-/m0/s1. The van der Waals surface area contributed by atoms with Crippen LogP contribution in [0.15, 0.2) is 18.2 Å². The zero-order chi connectivity index (χ0) is 24.9. The van der Waals surface area contributed by atoms with Crippen LogP contribution in [0.25, 0.3) is 0 Å². The van der Waals surface area contributed by atoms with Gasteiger partial charge < -0.3 is 19.4 Å². The Balaban J connectivity index is 1.80. The summed E-state index contributed by atoms with van der Waals surface area (Å²) < 4.78 is 11.0. The average molecular weight is 472 g/mol. The quantitative estimate of drug-likeness (QED) is 0.228. The Morgan fingerprint density at radius 3 is 2.68 bits per heavy atom. The Hall–Kier alpha value is -3.12. The zero-order valence-electron chi connectivity index (χ0n) is 19.5. The SMILES string of the molecule is C#C[C@]1(OC(C)=O)CC[C@H]2[C@@H]3CCc4cc(OC(=O)CC)ccc4[C@@]3(O)C(O[N+](=O)[O-])C[C@@]21C. The molecule has 0 radical (unpaired) electrons. The molecule has 182 valence electrons. The summed E-state index contributed by atoms with van der Waals surface area (Å²) in [6.07, 6.45) is 7.04. The van der Waals surface area contributed by atoms with Gasteiger partial charge >= 0.3 is 11.9 Å². The minimum absolute atomic E-state index is 0.0368. The number of aryl methyl sites for hydroxylation is 1. The van der Waals surface area contributed by atoms with Crippen molar-refractivity contribution in [2.75, 3.05) is 0 Å². The molecule has 0 saturated heterocycles. The highest BCUT2D eigenvalue weighted by Gasteiger charge is 2.70. The molecule has 3 aliphatic rings. The van der Waals surface area contributed by atoms with E-state index in [1.807, 2.05) is 6.92 Å². The molecular formula is C25H29NO8. The number of esters is 2. The average Bonchev–Trinajstić information content (AvgIpc) is 3.05. The first-order chi connectivity index (χ1) is 16.0. The highest BCUT2D eigenvalue weighted by atomic mass is 17.0. The van der Waals surface area contributed by atoms with Gasteiger partial charge in [0.15, 0.2) is 5.60 Å². The second kappa shape index (κ2) is 8.27. The number of aliphatic hydroxyl groups is 1. The van der Waals surface area contributed by atoms with Crippen LogP contribution in [0.2, 0.25) is 0 Å². The molecule has 1 aromatic rings. The molecule has 0 spiro atoms.